The molecule has 0 spiro atoms. The van der Waals surface area contributed by atoms with Crippen molar-refractivity contribution < 1.29 is 24.2 Å². The molecule has 6 heteroatoms. The number of methoxy groups -OCH3 is 1. The highest BCUT2D eigenvalue weighted by Crippen LogP contribution is 2.28. The summed E-state index contributed by atoms with van der Waals surface area (Å²) in [6, 6.07) is 11.7. The van der Waals surface area contributed by atoms with Crippen molar-refractivity contribution in [3.8, 4) is 11.5 Å². The van der Waals surface area contributed by atoms with Crippen LogP contribution < -0.4 is 10.1 Å². The summed E-state index contributed by atoms with van der Waals surface area (Å²) in [5, 5.41) is 12.6. The number of ether oxygens (including phenoxy) is 2. The minimum absolute atomic E-state index is 0.190. The molecule has 2 N–H and O–H groups in total. The summed E-state index contributed by atoms with van der Waals surface area (Å²) in [7, 11) is 1.25. The molecule has 2 rings (SSSR count). The summed E-state index contributed by atoms with van der Waals surface area (Å²) >= 11 is 0. The van der Waals surface area contributed by atoms with Crippen LogP contribution in [0.2, 0.25) is 0 Å². The second kappa shape index (κ2) is 8.38. The van der Waals surface area contributed by atoms with Gasteiger partial charge in [-0.1, -0.05) is 32.0 Å². The Morgan fingerprint density at radius 3 is 2.38 bits per heavy atom. The zero-order valence-corrected chi connectivity index (χ0v) is 15.3. The Morgan fingerprint density at radius 2 is 1.77 bits per heavy atom. The number of hydrogen-bond donors (Lipinski definition) is 2. The number of carbonyl (C=O) groups excluding carboxylic acids is 2. The van der Waals surface area contributed by atoms with Crippen LogP contribution in [0, 0.1) is 0 Å². The number of phenols is 1. The van der Waals surface area contributed by atoms with Crippen molar-refractivity contribution in [2.24, 2.45) is 0 Å². The summed E-state index contributed by atoms with van der Waals surface area (Å²) in [6.07, 6.45) is -0.769. The van der Waals surface area contributed by atoms with E-state index in [2.05, 4.69) is 10.1 Å². The lowest BCUT2D eigenvalue weighted by molar-refractivity contribution is -0.122. The lowest BCUT2D eigenvalue weighted by Crippen LogP contribution is -2.30. The van der Waals surface area contributed by atoms with Crippen molar-refractivity contribution in [2.45, 2.75) is 32.8 Å². The van der Waals surface area contributed by atoms with Crippen LogP contribution >= 0.6 is 0 Å². The predicted octanol–water partition coefficient (Wildman–Crippen LogP) is 3.71. The van der Waals surface area contributed by atoms with E-state index in [1.54, 1.807) is 6.92 Å². The number of hydrogen-bond acceptors (Lipinski definition) is 5. The molecule has 2 aromatic rings. The number of para-hydroxylation sites is 1. The molecule has 0 heterocycles. The number of esters is 1. The van der Waals surface area contributed by atoms with Crippen LogP contribution in [-0.4, -0.2) is 30.2 Å². The molecule has 1 amide bonds. The number of phenolic OH excluding ortho intramolecular Hbond substituents is 1. The maximum atomic E-state index is 12.4. The van der Waals surface area contributed by atoms with E-state index in [-0.39, 0.29) is 22.9 Å². The molecule has 0 aliphatic heterocycles. The van der Waals surface area contributed by atoms with E-state index in [1.807, 2.05) is 38.1 Å². The lowest BCUT2D eigenvalue weighted by atomic mass is 10.0. The third kappa shape index (κ3) is 4.53. The van der Waals surface area contributed by atoms with Crippen molar-refractivity contribution in [1.82, 2.24) is 0 Å². The molecule has 0 fully saturated rings. The van der Waals surface area contributed by atoms with Gasteiger partial charge in [-0.25, -0.2) is 4.79 Å². The zero-order valence-electron chi connectivity index (χ0n) is 15.3. The van der Waals surface area contributed by atoms with E-state index >= 15 is 0 Å². The molecule has 6 nitrogen and oxygen atoms in total. The Hall–Kier alpha value is -3.02. The first-order chi connectivity index (χ1) is 12.3. The number of nitrogens with one attached hydrogen (secondary N) is 1. The molecule has 0 radical (unpaired) electrons. The third-order valence-electron chi connectivity index (χ3n) is 3.89. The zero-order chi connectivity index (χ0) is 19.3. The third-order valence-corrected chi connectivity index (χ3v) is 3.89. The van der Waals surface area contributed by atoms with Crippen LogP contribution in [0.5, 0.6) is 11.5 Å². The van der Waals surface area contributed by atoms with Crippen LogP contribution in [-0.2, 0) is 9.53 Å². The van der Waals surface area contributed by atoms with Gasteiger partial charge in [0.25, 0.3) is 5.91 Å². The smallest absolute Gasteiger partial charge is 0.337 e. The second-order valence-corrected chi connectivity index (χ2v) is 6.17. The van der Waals surface area contributed by atoms with Gasteiger partial charge in [-0.3, -0.25) is 4.79 Å². The average molecular weight is 357 g/mol. The van der Waals surface area contributed by atoms with Crippen LogP contribution in [0.25, 0.3) is 0 Å². The topological polar surface area (TPSA) is 84.9 Å². The van der Waals surface area contributed by atoms with Gasteiger partial charge >= 0.3 is 5.97 Å². The second-order valence-electron chi connectivity index (χ2n) is 6.17. The fraction of sp³-hybridized carbons (Fsp3) is 0.300. The summed E-state index contributed by atoms with van der Waals surface area (Å²) in [5.74, 6) is -0.298. The van der Waals surface area contributed by atoms with E-state index < -0.39 is 18.0 Å². The Kier molecular flexibility index (Phi) is 6.22. The molecule has 0 aliphatic carbocycles. The Balaban J connectivity index is 2.09. The van der Waals surface area contributed by atoms with E-state index in [4.69, 9.17) is 4.74 Å². The Labute approximate surface area is 152 Å². The summed E-state index contributed by atoms with van der Waals surface area (Å²) < 4.78 is 10.4. The maximum absolute atomic E-state index is 12.4. The molecule has 26 heavy (non-hydrogen) atoms. The molecule has 1 unspecified atom stereocenters. The van der Waals surface area contributed by atoms with Gasteiger partial charge in [0.05, 0.1) is 18.4 Å². The molecule has 0 bridgehead atoms. The first-order valence-corrected chi connectivity index (χ1v) is 8.31. The van der Waals surface area contributed by atoms with Gasteiger partial charge in [0.2, 0.25) is 0 Å². The van der Waals surface area contributed by atoms with Crippen molar-refractivity contribution in [3.05, 3.63) is 53.6 Å². The van der Waals surface area contributed by atoms with Gasteiger partial charge in [0, 0.05) is 0 Å². The number of amides is 1. The molecule has 0 aromatic heterocycles. The van der Waals surface area contributed by atoms with E-state index in [1.165, 1.54) is 25.3 Å². The fourth-order valence-electron chi connectivity index (χ4n) is 2.43. The van der Waals surface area contributed by atoms with Crippen molar-refractivity contribution in [1.29, 1.82) is 0 Å². The van der Waals surface area contributed by atoms with Gasteiger partial charge in [-0.2, -0.15) is 0 Å². The highest BCUT2D eigenvalue weighted by molar-refractivity contribution is 5.97. The number of aromatic hydroxyl groups is 1. The van der Waals surface area contributed by atoms with Gasteiger partial charge in [-0.15, -0.1) is 0 Å². The molecule has 1 atom stereocenters. The lowest BCUT2D eigenvalue weighted by Gasteiger charge is -2.19. The maximum Gasteiger partial charge on any atom is 0.337 e. The molecule has 2 aromatic carbocycles. The molecular weight excluding hydrogens is 334 g/mol. The Bertz CT molecular complexity index is 801. The summed E-state index contributed by atoms with van der Waals surface area (Å²) in [5.41, 5.74) is 1.39. The molecule has 138 valence electrons. The van der Waals surface area contributed by atoms with Crippen LogP contribution in [0.4, 0.5) is 5.69 Å². The molecule has 0 aliphatic rings. The summed E-state index contributed by atoms with van der Waals surface area (Å²) in [4.78, 5) is 23.8. The average Bonchev–Trinajstić information content (AvgIpc) is 2.62. The van der Waals surface area contributed by atoms with E-state index in [9.17, 15) is 14.7 Å². The summed E-state index contributed by atoms with van der Waals surface area (Å²) in [6.45, 7) is 5.73. The number of benzene rings is 2. The molecule has 0 saturated carbocycles. The monoisotopic (exact) mass is 357 g/mol. The predicted molar refractivity (Wildman–Crippen MR) is 98.7 cm³/mol. The van der Waals surface area contributed by atoms with Crippen LogP contribution in [0.1, 0.15) is 42.6 Å². The SMILES string of the molecule is COC(=O)c1ccc(NC(=O)C(C)Oc2ccccc2C(C)C)c(O)c1. The van der Waals surface area contributed by atoms with Gasteiger partial charge in [0.15, 0.2) is 6.10 Å². The largest absolute Gasteiger partial charge is 0.506 e. The fourth-order valence-corrected chi connectivity index (χ4v) is 2.43. The minimum atomic E-state index is -0.769. The highest BCUT2D eigenvalue weighted by atomic mass is 16.5. The molecular formula is C20H23NO5. The minimum Gasteiger partial charge on any atom is -0.506 e. The van der Waals surface area contributed by atoms with Gasteiger partial charge in [-0.05, 0) is 42.7 Å². The normalized spacial score (nSPS) is 11.7. The van der Waals surface area contributed by atoms with Crippen LogP contribution in [0.15, 0.2) is 42.5 Å². The van der Waals surface area contributed by atoms with Crippen molar-refractivity contribution in [2.75, 3.05) is 12.4 Å². The number of anilines is 1. The number of rotatable bonds is 6. The Morgan fingerprint density at radius 1 is 1.08 bits per heavy atom. The van der Waals surface area contributed by atoms with Crippen LogP contribution in [0.3, 0.4) is 0 Å². The first kappa shape index (κ1) is 19.3. The van der Waals surface area contributed by atoms with Crippen molar-refractivity contribution in [3.63, 3.8) is 0 Å². The number of carbonyl (C=O) groups is 2. The highest BCUT2D eigenvalue weighted by Gasteiger charge is 2.19. The quantitative estimate of drug-likeness (QED) is 0.608. The van der Waals surface area contributed by atoms with Crippen molar-refractivity contribution >= 4 is 17.6 Å². The molecule has 0 saturated heterocycles. The van der Waals surface area contributed by atoms with E-state index in [0.29, 0.717) is 5.75 Å². The van der Waals surface area contributed by atoms with E-state index in [0.717, 1.165) is 5.56 Å². The first-order valence-electron chi connectivity index (χ1n) is 8.31. The van der Waals surface area contributed by atoms with Gasteiger partial charge < -0.3 is 19.9 Å². The van der Waals surface area contributed by atoms with Gasteiger partial charge in [0.1, 0.15) is 11.5 Å². The standard InChI is InChI=1S/C20H23NO5/c1-12(2)15-7-5-6-8-18(15)26-13(3)19(23)21-16-10-9-14(11-17(16)22)20(24)25-4/h5-13,22H,1-4H3,(H,21,23).